The molecule has 2 aromatic heterocycles. The van der Waals surface area contributed by atoms with Gasteiger partial charge in [0.1, 0.15) is 11.5 Å². The molecule has 4 aromatic carbocycles. The molecule has 0 atom stereocenters. The van der Waals surface area contributed by atoms with Crippen LogP contribution in [-0.4, -0.2) is 122 Å². The number of aromatic nitrogens is 2. The summed E-state index contributed by atoms with van der Waals surface area (Å²) < 4.78 is 10.5. The normalized spacial score (nSPS) is 14.9. The molecule has 12 nitrogen and oxygen atoms in total. The maximum atomic E-state index is 11.3. The topological polar surface area (TPSA) is 138 Å². The van der Waals surface area contributed by atoms with Gasteiger partial charge in [-0.1, -0.05) is 0 Å². The Hall–Kier alpha value is -5.98. The van der Waals surface area contributed by atoms with Crippen LogP contribution in [0.15, 0.2) is 91.1 Å². The van der Waals surface area contributed by atoms with Crippen molar-refractivity contribution in [1.29, 1.82) is 0 Å². The SMILES string of the molecule is COc1ccc(N2CCN(CCCCc3c(C)[nH]c4ccc(C(=O)O)cc34)CC2)cc1.COc1ccc(N2CCN(CCCCc3c[nH]c4ccc(C(=O)O)cc34)CC2)cc1. The molecule has 0 unspecified atom stereocenters. The lowest BCUT2D eigenvalue weighted by molar-refractivity contribution is 0.0686. The molecule has 0 spiro atoms. The third-order valence-electron chi connectivity index (χ3n) is 12.3. The fourth-order valence-corrected chi connectivity index (χ4v) is 8.69. The Morgan fingerprint density at radius 1 is 0.590 bits per heavy atom. The number of fused-ring (bicyclic) bond motifs is 2. The van der Waals surface area contributed by atoms with Crippen molar-refractivity contribution in [2.75, 3.05) is 89.5 Å². The molecule has 12 heteroatoms. The van der Waals surface area contributed by atoms with Gasteiger partial charge in [-0.05, 0) is 155 Å². The molecule has 322 valence electrons. The summed E-state index contributed by atoms with van der Waals surface area (Å²) in [6, 6.07) is 27.2. The van der Waals surface area contributed by atoms with Gasteiger partial charge in [0.25, 0.3) is 0 Å². The van der Waals surface area contributed by atoms with Gasteiger partial charge in [-0.3, -0.25) is 9.80 Å². The van der Waals surface area contributed by atoms with E-state index < -0.39 is 11.9 Å². The second-order valence-electron chi connectivity index (χ2n) is 16.1. The monoisotopic (exact) mass is 828 g/mol. The van der Waals surface area contributed by atoms with Gasteiger partial charge in [0.15, 0.2) is 0 Å². The van der Waals surface area contributed by atoms with Crippen LogP contribution in [0.3, 0.4) is 0 Å². The van der Waals surface area contributed by atoms with E-state index in [9.17, 15) is 19.8 Å². The van der Waals surface area contributed by atoms with Crippen LogP contribution in [0.2, 0.25) is 0 Å². The van der Waals surface area contributed by atoms with E-state index in [1.54, 1.807) is 38.5 Å². The fourth-order valence-electron chi connectivity index (χ4n) is 8.69. The van der Waals surface area contributed by atoms with Gasteiger partial charge in [0, 0.05) is 97.4 Å². The lowest BCUT2D eigenvalue weighted by Gasteiger charge is -2.36. The van der Waals surface area contributed by atoms with Crippen molar-refractivity contribution >= 4 is 45.1 Å². The van der Waals surface area contributed by atoms with Crippen molar-refractivity contribution in [2.24, 2.45) is 0 Å². The van der Waals surface area contributed by atoms with Crippen LogP contribution in [0.5, 0.6) is 11.5 Å². The summed E-state index contributed by atoms with van der Waals surface area (Å²) >= 11 is 0. The van der Waals surface area contributed by atoms with Crippen LogP contribution in [0.25, 0.3) is 21.8 Å². The first-order valence-electron chi connectivity index (χ1n) is 21.6. The Balaban J connectivity index is 0.000000184. The van der Waals surface area contributed by atoms with Crippen LogP contribution >= 0.6 is 0 Å². The minimum absolute atomic E-state index is 0.345. The predicted molar refractivity (Wildman–Crippen MR) is 244 cm³/mol. The van der Waals surface area contributed by atoms with E-state index in [0.717, 1.165) is 143 Å². The molecule has 2 saturated heterocycles. The number of methoxy groups -OCH3 is 2. The molecule has 0 amide bonds. The van der Waals surface area contributed by atoms with Crippen molar-refractivity contribution in [3.63, 3.8) is 0 Å². The summed E-state index contributed by atoms with van der Waals surface area (Å²) in [6.45, 7) is 12.8. The highest BCUT2D eigenvalue weighted by atomic mass is 16.5. The Bertz CT molecular complexity index is 2360. The number of aryl methyl sites for hydroxylation is 3. The molecule has 0 radical (unpaired) electrons. The Labute approximate surface area is 358 Å². The summed E-state index contributed by atoms with van der Waals surface area (Å²) in [5, 5.41) is 20.6. The standard InChI is InChI=1S/C25H31N3O3.C24H29N3O3/c1-18-22(23-17-19(25(29)30)6-11-24(23)26-18)5-3-4-12-27-13-15-28(16-14-27)20-7-9-21(31-2)10-8-20;1-30-21-8-6-20(7-9-21)27-14-12-26(13-15-27)11-3-2-4-19-17-25-23-10-5-18(24(28)29)16-22(19)23/h6-11,17,26H,3-5,12-16H2,1-2H3,(H,29,30);5-10,16-17,25H,2-4,11-15H2,1H3,(H,28,29). The third kappa shape index (κ3) is 11.0. The average molecular weight is 829 g/mol. The number of hydrogen-bond acceptors (Lipinski definition) is 8. The summed E-state index contributed by atoms with van der Waals surface area (Å²) in [5.74, 6) is 0.0390. The lowest BCUT2D eigenvalue weighted by Crippen LogP contribution is -2.46. The number of ether oxygens (including phenoxy) is 2. The van der Waals surface area contributed by atoms with Crippen LogP contribution in [0, 0.1) is 6.92 Å². The van der Waals surface area contributed by atoms with Gasteiger partial charge in [-0.15, -0.1) is 0 Å². The Kier molecular flexibility index (Phi) is 14.5. The number of H-pyrrole nitrogens is 2. The number of carbonyl (C=O) groups is 2. The van der Waals surface area contributed by atoms with Crippen LogP contribution in [0.1, 0.15) is 63.2 Å². The largest absolute Gasteiger partial charge is 0.497 e. The van der Waals surface area contributed by atoms with Gasteiger partial charge in [0.2, 0.25) is 0 Å². The third-order valence-corrected chi connectivity index (χ3v) is 12.3. The van der Waals surface area contributed by atoms with Gasteiger partial charge in [0.05, 0.1) is 25.3 Å². The first-order valence-corrected chi connectivity index (χ1v) is 21.6. The fraction of sp³-hybridized carbons (Fsp3) is 0.388. The molecule has 4 N–H and O–H groups in total. The molecule has 8 rings (SSSR count). The zero-order chi connectivity index (χ0) is 42.7. The molecule has 6 aromatic rings. The van der Waals surface area contributed by atoms with Crippen molar-refractivity contribution in [3.05, 3.63) is 119 Å². The molecule has 0 saturated carbocycles. The summed E-state index contributed by atoms with van der Waals surface area (Å²) in [6.07, 6.45) is 8.45. The van der Waals surface area contributed by atoms with Gasteiger partial charge in [-0.2, -0.15) is 0 Å². The number of nitrogens with zero attached hydrogens (tertiary/aromatic N) is 4. The Morgan fingerprint density at radius 3 is 1.56 bits per heavy atom. The molecule has 0 bridgehead atoms. The van der Waals surface area contributed by atoms with Crippen LogP contribution < -0.4 is 19.3 Å². The summed E-state index contributed by atoms with van der Waals surface area (Å²) in [4.78, 5) is 39.2. The number of hydrogen-bond donors (Lipinski definition) is 4. The number of rotatable bonds is 16. The second-order valence-corrected chi connectivity index (χ2v) is 16.1. The first kappa shape index (κ1) is 43.1. The average Bonchev–Trinajstić information content (AvgIpc) is 3.85. The molecule has 0 aliphatic carbocycles. The number of unbranched alkanes of at least 4 members (excludes halogenated alkanes) is 2. The number of benzene rings is 4. The zero-order valence-corrected chi connectivity index (χ0v) is 35.8. The second kappa shape index (κ2) is 20.5. The van der Waals surface area contributed by atoms with Crippen molar-refractivity contribution in [2.45, 2.75) is 45.4 Å². The molecule has 61 heavy (non-hydrogen) atoms. The number of aromatic carboxylic acids is 2. The highest BCUT2D eigenvalue weighted by molar-refractivity contribution is 5.95. The van der Waals surface area contributed by atoms with E-state index in [2.05, 4.69) is 60.8 Å². The maximum absolute atomic E-state index is 11.3. The van der Waals surface area contributed by atoms with E-state index in [0.29, 0.717) is 11.1 Å². The lowest BCUT2D eigenvalue weighted by atomic mass is 10.0. The van der Waals surface area contributed by atoms with Gasteiger partial charge in [-0.25, -0.2) is 9.59 Å². The quantitative estimate of drug-likeness (QED) is 0.0705. The number of nitrogens with one attached hydrogen (secondary N) is 2. The van der Waals surface area contributed by atoms with E-state index in [4.69, 9.17) is 9.47 Å². The molecule has 2 aliphatic rings. The van der Waals surface area contributed by atoms with Gasteiger partial charge >= 0.3 is 11.9 Å². The van der Waals surface area contributed by atoms with E-state index in [1.165, 1.54) is 22.5 Å². The number of anilines is 2. The molecule has 2 fully saturated rings. The number of aromatic amines is 2. The number of carboxylic acids is 2. The summed E-state index contributed by atoms with van der Waals surface area (Å²) in [7, 11) is 3.39. The number of piperazine rings is 2. The van der Waals surface area contributed by atoms with E-state index >= 15 is 0 Å². The van der Waals surface area contributed by atoms with Crippen molar-refractivity contribution < 1.29 is 29.3 Å². The maximum Gasteiger partial charge on any atom is 0.335 e. The molecular weight excluding hydrogens is 769 g/mol. The van der Waals surface area contributed by atoms with Crippen molar-refractivity contribution in [1.82, 2.24) is 19.8 Å². The first-order chi connectivity index (χ1) is 29.7. The summed E-state index contributed by atoms with van der Waals surface area (Å²) in [5.41, 5.74) is 8.84. The van der Waals surface area contributed by atoms with Crippen molar-refractivity contribution in [3.8, 4) is 11.5 Å². The molecule has 4 heterocycles. The minimum atomic E-state index is -0.877. The van der Waals surface area contributed by atoms with Crippen LogP contribution in [0.4, 0.5) is 11.4 Å². The van der Waals surface area contributed by atoms with Crippen LogP contribution in [-0.2, 0) is 12.8 Å². The highest BCUT2D eigenvalue weighted by Crippen LogP contribution is 2.27. The number of carboxylic acid groups (broad SMARTS) is 2. The highest BCUT2D eigenvalue weighted by Gasteiger charge is 2.19. The zero-order valence-electron chi connectivity index (χ0n) is 35.8. The molecule has 2 aliphatic heterocycles. The minimum Gasteiger partial charge on any atom is -0.497 e. The molecular formula is C49H60N6O6. The predicted octanol–water partition coefficient (Wildman–Crippen LogP) is 8.35. The smallest absolute Gasteiger partial charge is 0.335 e. The van der Waals surface area contributed by atoms with E-state index in [-0.39, 0.29) is 0 Å². The van der Waals surface area contributed by atoms with E-state index in [1.807, 2.05) is 42.6 Å². The Morgan fingerprint density at radius 2 is 1.07 bits per heavy atom. The van der Waals surface area contributed by atoms with Gasteiger partial charge < -0.3 is 39.5 Å².